The van der Waals surface area contributed by atoms with E-state index >= 15 is 0 Å². The number of carbonyl (C=O) groups is 1. The zero-order valence-corrected chi connectivity index (χ0v) is 19.7. The molecule has 0 atom stereocenters. The van der Waals surface area contributed by atoms with Gasteiger partial charge in [-0.15, -0.1) is 11.3 Å². The highest BCUT2D eigenvalue weighted by molar-refractivity contribution is 7.23. The number of non-ortho nitro benzene ring substituents is 1. The first-order valence-corrected chi connectivity index (χ1v) is 12.0. The van der Waals surface area contributed by atoms with Gasteiger partial charge in [-0.1, -0.05) is 53.3 Å². The van der Waals surface area contributed by atoms with E-state index in [1.54, 1.807) is 17.0 Å². The van der Waals surface area contributed by atoms with Crippen LogP contribution in [0, 0.1) is 17.0 Å². The zero-order chi connectivity index (χ0) is 23.1. The van der Waals surface area contributed by atoms with Gasteiger partial charge in [0.1, 0.15) is 0 Å². The van der Waals surface area contributed by atoms with E-state index in [9.17, 15) is 14.9 Å². The topological polar surface area (TPSA) is 76.3 Å². The van der Waals surface area contributed by atoms with E-state index in [1.807, 2.05) is 49.4 Å². The number of aryl methyl sites for hydroxylation is 1. The second kappa shape index (κ2) is 8.55. The molecule has 0 aliphatic carbocycles. The van der Waals surface area contributed by atoms with Crippen molar-refractivity contribution in [3.05, 3.63) is 97.9 Å². The van der Waals surface area contributed by atoms with Crippen molar-refractivity contribution >= 4 is 71.3 Å². The van der Waals surface area contributed by atoms with E-state index in [0.717, 1.165) is 26.0 Å². The van der Waals surface area contributed by atoms with Gasteiger partial charge in [-0.25, -0.2) is 4.98 Å². The van der Waals surface area contributed by atoms with Crippen molar-refractivity contribution < 1.29 is 9.72 Å². The van der Waals surface area contributed by atoms with Crippen molar-refractivity contribution in [3.63, 3.8) is 0 Å². The molecule has 0 saturated heterocycles. The number of fused-ring (bicyclic) bond motifs is 2. The van der Waals surface area contributed by atoms with E-state index in [-0.39, 0.29) is 11.6 Å². The summed E-state index contributed by atoms with van der Waals surface area (Å²) in [5.74, 6) is -0.203. The Labute approximate surface area is 201 Å². The minimum atomic E-state index is -0.436. The Hall–Kier alpha value is -3.33. The van der Waals surface area contributed by atoms with Crippen LogP contribution < -0.4 is 4.90 Å². The molecule has 9 heteroatoms. The van der Waals surface area contributed by atoms with Crippen LogP contribution in [0.2, 0.25) is 5.02 Å². The average molecular weight is 494 g/mol. The summed E-state index contributed by atoms with van der Waals surface area (Å²) in [5, 5.41) is 13.0. The summed E-state index contributed by atoms with van der Waals surface area (Å²) in [7, 11) is 0. The van der Waals surface area contributed by atoms with Crippen molar-refractivity contribution in [3.8, 4) is 0 Å². The molecule has 0 aliphatic heterocycles. The van der Waals surface area contributed by atoms with Gasteiger partial charge >= 0.3 is 0 Å². The Balaban J connectivity index is 1.59. The van der Waals surface area contributed by atoms with Crippen molar-refractivity contribution in [2.45, 2.75) is 13.5 Å². The van der Waals surface area contributed by atoms with Crippen molar-refractivity contribution in [2.75, 3.05) is 4.90 Å². The molecule has 0 saturated carbocycles. The Kier molecular flexibility index (Phi) is 5.57. The van der Waals surface area contributed by atoms with Crippen LogP contribution in [0.4, 0.5) is 10.8 Å². The van der Waals surface area contributed by atoms with E-state index in [2.05, 4.69) is 0 Å². The zero-order valence-electron chi connectivity index (χ0n) is 17.3. The Morgan fingerprint density at radius 3 is 2.61 bits per heavy atom. The molecule has 2 aromatic heterocycles. The van der Waals surface area contributed by atoms with Crippen LogP contribution in [0.1, 0.15) is 20.8 Å². The van der Waals surface area contributed by atoms with Gasteiger partial charge in [-0.3, -0.25) is 19.8 Å². The third-order valence-electron chi connectivity index (χ3n) is 5.22. The first-order chi connectivity index (χ1) is 15.9. The lowest BCUT2D eigenvalue weighted by molar-refractivity contribution is -0.384. The monoisotopic (exact) mass is 493 g/mol. The molecule has 0 aliphatic rings. The van der Waals surface area contributed by atoms with E-state index in [4.69, 9.17) is 16.6 Å². The molecule has 6 nitrogen and oxygen atoms in total. The van der Waals surface area contributed by atoms with Crippen LogP contribution in [0.5, 0.6) is 0 Å². The normalized spacial score (nSPS) is 11.2. The Bertz CT molecular complexity index is 1530. The molecule has 33 heavy (non-hydrogen) atoms. The number of rotatable bonds is 5. The Morgan fingerprint density at radius 2 is 1.85 bits per heavy atom. The molecule has 5 rings (SSSR count). The summed E-state index contributed by atoms with van der Waals surface area (Å²) in [6.45, 7) is 2.29. The molecule has 0 spiro atoms. The minimum absolute atomic E-state index is 0.000956. The molecule has 0 unspecified atom stereocenters. The first kappa shape index (κ1) is 21.5. The van der Waals surface area contributed by atoms with Crippen molar-refractivity contribution in [2.24, 2.45) is 0 Å². The van der Waals surface area contributed by atoms with Crippen LogP contribution in [-0.2, 0) is 6.54 Å². The SMILES string of the molecule is Cc1cc(Cl)cc2sc(N(Cc3ccccc3)C(=O)c3cc4cc([N+](=O)[O-])ccc4s3)nc12. The quantitative estimate of drug-likeness (QED) is 0.191. The third-order valence-corrected chi connectivity index (χ3v) is 7.57. The van der Waals surface area contributed by atoms with Gasteiger partial charge in [0.25, 0.3) is 11.6 Å². The predicted molar refractivity (Wildman–Crippen MR) is 135 cm³/mol. The van der Waals surface area contributed by atoms with Crippen LogP contribution in [-0.4, -0.2) is 15.8 Å². The molecule has 5 aromatic rings. The van der Waals surface area contributed by atoms with Crippen molar-refractivity contribution in [1.29, 1.82) is 0 Å². The van der Waals surface area contributed by atoms with E-state index in [0.29, 0.717) is 27.0 Å². The summed E-state index contributed by atoms with van der Waals surface area (Å²) >= 11 is 8.96. The number of thiazole rings is 1. The van der Waals surface area contributed by atoms with Crippen LogP contribution in [0.15, 0.2) is 66.7 Å². The molecule has 2 heterocycles. The number of benzene rings is 3. The Morgan fingerprint density at radius 1 is 1.06 bits per heavy atom. The number of aromatic nitrogens is 1. The van der Waals surface area contributed by atoms with E-state index in [1.165, 1.54) is 34.8 Å². The number of nitro groups is 1. The number of hydrogen-bond acceptors (Lipinski definition) is 6. The fourth-order valence-electron chi connectivity index (χ4n) is 3.63. The van der Waals surface area contributed by atoms with Crippen LogP contribution >= 0.6 is 34.3 Å². The summed E-state index contributed by atoms with van der Waals surface area (Å²) < 4.78 is 1.73. The van der Waals surface area contributed by atoms with Crippen molar-refractivity contribution in [1.82, 2.24) is 4.98 Å². The number of thiophene rings is 1. The standard InChI is InChI=1S/C24H16ClN3O3S2/c1-14-9-17(25)12-20-22(14)26-24(33-20)27(13-15-5-3-2-4-6-15)23(29)21-11-16-10-18(28(30)31)7-8-19(16)32-21/h2-12H,13H2,1H3. The molecule has 164 valence electrons. The fourth-order valence-corrected chi connectivity index (χ4v) is 6.04. The molecule has 3 aromatic carbocycles. The van der Waals surface area contributed by atoms with Gasteiger partial charge in [0, 0.05) is 27.2 Å². The number of anilines is 1. The highest BCUT2D eigenvalue weighted by Crippen LogP contribution is 2.36. The first-order valence-electron chi connectivity index (χ1n) is 9.99. The maximum Gasteiger partial charge on any atom is 0.270 e. The molecule has 1 amide bonds. The van der Waals surface area contributed by atoms with Crippen LogP contribution in [0.3, 0.4) is 0 Å². The third kappa shape index (κ3) is 4.20. The van der Waals surface area contributed by atoms with Gasteiger partial charge in [0.2, 0.25) is 0 Å². The lowest BCUT2D eigenvalue weighted by atomic mass is 10.2. The summed E-state index contributed by atoms with van der Waals surface area (Å²) in [4.78, 5) is 31.3. The number of nitrogens with zero attached hydrogens (tertiary/aromatic N) is 3. The maximum absolute atomic E-state index is 13.7. The molecule has 0 N–H and O–H groups in total. The number of amides is 1. The highest BCUT2D eigenvalue weighted by Gasteiger charge is 2.24. The number of halogens is 1. The van der Waals surface area contributed by atoms with E-state index < -0.39 is 4.92 Å². The lowest BCUT2D eigenvalue weighted by Crippen LogP contribution is -2.29. The summed E-state index contributed by atoms with van der Waals surface area (Å²) in [6, 6.07) is 19.8. The van der Waals surface area contributed by atoms with Gasteiger partial charge in [-0.2, -0.15) is 0 Å². The number of carbonyl (C=O) groups excluding carboxylic acids is 1. The predicted octanol–water partition coefficient (Wildman–Crippen LogP) is 7.23. The lowest BCUT2D eigenvalue weighted by Gasteiger charge is -2.19. The summed E-state index contributed by atoms with van der Waals surface area (Å²) in [6.07, 6.45) is 0. The molecular weight excluding hydrogens is 478 g/mol. The average Bonchev–Trinajstić information content (AvgIpc) is 3.41. The fraction of sp³-hybridized carbons (Fsp3) is 0.0833. The smallest absolute Gasteiger partial charge is 0.270 e. The van der Waals surface area contributed by atoms with Crippen LogP contribution in [0.25, 0.3) is 20.3 Å². The minimum Gasteiger partial charge on any atom is -0.279 e. The second-order valence-electron chi connectivity index (χ2n) is 7.53. The second-order valence-corrected chi connectivity index (χ2v) is 10.1. The van der Waals surface area contributed by atoms with Gasteiger partial charge < -0.3 is 0 Å². The molecule has 0 fully saturated rings. The largest absolute Gasteiger partial charge is 0.279 e. The van der Waals surface area contributed by atoms with Gasteiger partial charge in [0.15, 0.2) is 5.13 Å². The molecule has 0 radical (unpaired) electrons. The highest BCUT2D eigenvalue weighted by atomic mass is 35.5. The summed E-state index contributed by atoms with van der Waals surface area (Å²) in [5.41, 5.74) is 2.73. The number of nitro benzene ring substituents is 1. The number of hydrogen-bond donors (Lipinski definition) is 0. The van der Waals surface area contributed by atoms with Gasteiger partial charge in [-0.05, 0) is 42.3 Å². The van der Waals surface area contributed by atoms with Gasteiger partial charge in [0.05, 0.1) is 26.6 Å². The molecular formula is C24H16ClN3O3S2. The maximum atomic E-state index is 13.7. The molecule has 0 bridgehead atoms.